The minimum absolute atomic E-state index is 0.250. The Hall–Kier alpha value is -1.27. The van der Waals surface area contributed by atoms with Gasteiger partial charge in [0.15, 0.2) is 0 Å². The van der Waals surface area contributed by atoms with E-state index in [0.717, 1.165) is 32.4 Å². The number of benzene rings is 2. The van der Waals surface area contributed by atoms with Gasteiger partial charge in [0.25, 0.3) is 0 Å². The molecule has 130 valence electrons. The summed E-state index contributed by atoms with van der Waals surface area (Å²) in [5.74, 6) is 1.51. The number of methoxy groups -OCH3 is 1. The van der Waals surface area contributed by atoms with E-state index in [2.05, 4.69) is 68.5 Å². The van der Waals surface area contributed by atoms with E-state index < -0.39 is 0 Å². The van der Waals surface area contributed by atoms with Gasteiger partial charge in [0.1, 0.15) is 11.5 Å². The minimum atomic E-state index is -0.250. The van der Waals surface area contributed by atoms with Crippen molar-refractivity contribution in [1.29, 1.82) is 0 Å². The van der Waals surface area contributed by atoms with E-state index in [-0.39, 0.29) is 12.2 Å². The standard InChI is InChI=1S/C20H25IO3/c1-12(2)20(23-5)24-19-13(3)9-15(10-14(19)4)11-16-7-6-8-17(22)18(16)21/h6-10,12,20,22H,11H2,1-5H3. The molecule has 0 amide bonds. The van der Waals surface area contributed by atoms with Crippen LogP contribution in [0, 0.1) is 23.3 Å². The molecule has 2 rings (SSSR count). The van der Waals surface area contributed by atoms with Crippen LogP contribution in [0.3, 0.4) is 0 Å². The first-order valence-electron chi connectivity index (χ1n) is 8.09. The molecule has 1 unspecified atom stereocenters. The van der Waals surface area contributed by atoms with Crippen molar-refractivity contribution in [3.63, 3.8) is 0 Å². The van der Waals surface area contributed by atoms with E-state index >= 15 is 0 Å². The van der Waals surface area contributed by atoms with Gasteiger partial charge in [0.05, 0.1) is 3.57 Å². The molecule has 24 heavy (non-hydrogen) atoms. The third-order valence-electron chi connectivity index (χ3n) is 3.98. The molecule has 1 N–H and O–H groups in total. The summed E-state index contributed by atoms with van der Waals surface area (Å²) < 4.78 is 12.4. The first-order valence-corrected chi connectivity index (χ1v) is 9.17. The fourth-order valence-corrected chi connectivity index (χ4v) is 3.37. The van der Waals surface area contributed by atoms with Crippen LogP contribution < -0.4 is 4.74 Å². The van der Waals surface area contributed by atoms with Crippen LogP contribution in [-0.4, -0.2) is 18.5 Å². The lowest BCUT2D eigenvalue weighted by atomic mass is 9.99. The van der Waals surface area contributed by atoms with Gasteiger partial charge in [-0.3, -0.25) is 0 Å². The predicted molar refractivity (Wildman–Crippen MR) is 106 cm³/mol. The average molecular weight is 440 g/mol. The van der Waals surface area contributed by atoms with E-state index in [1.165, 1.54) is 5.56 Å². The fourth-order valence-electron chi connectivity index (χ4n) is 2.82. The third kappa shape index (κ3) is 4.42. The summed E-state index contributed by atoms with van der Waals surface area (Å²) in [4.78, 5) is 0. The van der Waals surface area contributed by atoms with Crippen LogP contribution in [0.15, 0.2) is 30.3 Å². The number of phenols is 1. The summed E-state index contributed by atoms with van der Waals surface area (Å²) in [6.45, 7) is 8.28. The van der Waals surface area contributed by atoms with Crippen LogP contribution in [0.5, 0.6) is 11.5 Å². The van der Waals surface area contributed by atoms with Crippen molar-refractivity contribution in [3.05, 3.63) is 56.2 Å². The van der Waals surface area contributed by atoms with Gasteiger partial charge in [-0.15, -0.1) is 0 Å². The van der Waals surface area contributed by atoms with Crippen LogP contribution in [0.25, 0.3) is 0 Å². The van der Waals surface area contributed by atoms with Crippen LogP contribution in [-0.2, 0) is 11.2 Å². The maximum absolute atomic E-state index is 9.87. The van der Waals surface area contributed by atoms with Crippen molar-refractivity contribution in [2.45, 2.75) is 40.4 Å². The number of hydrogen-bond acceptors (Lipinski definition) is 3. The number of hydrogen-bond donors (Lipinski definition) is 1. The van der Waals surface area contributed by atoms with E-state index in [4.69, 9.17) is 9.47 Å². The minimum Gasteiger partial charge on any atom is -0.507 e. The Balaban J connectivity index is 2.27. The lowest BCUT2D eigenvalue weighted by molar-refractivity contribution is -0.0840. The van der Waals surface area contributed by atoms with Crippen molar-refractivity contribution in [2.24, 2.45) is 5.92 Å². The van der Waals surface area contributed by atoms with Gasteiger partial charge in [-0.05, 0) is 71.2 Å². The van der Waals surface area contributed by atoms with Crippen LogP contribution >= 0.6 is 22.6 Å². The summed E-state index contributed by atoms with van der Waals surface area (Å²) >= 11 is 2.19. The van der Waals surface area contributed by atoms with Gasteiger partial charge in [-0.25, -0.2) is 0 Å². The first kappa shape index (κ1) is 19.1. The van der Waals surface area contributed by atoms with Crippen LogP contribution in [0.4, 0.5) is 0 Å². The fraction of sp³-hybridized carbons (Fsp3) is 0.400. The Morgan fingerprint density at radius 2 is 1.75 bits per heavy atom. The zero-order chi connectivity index (χ0) is 17.9. The average Bonchev–Trinajstić information content (AvgIpc) is 2.51. The van der Waals surface area contributed by atoms with E-state index in [9.17, 15) is 5.11 Å². The van der Waals surface area contributed by atoms with Crippen molar-refractivity contribution in [1.82, 2.24) is 0 Å². The SMILES string of the molecule is COC(Oc1c(C)cc(Cc2cccc(O)c2I)cc1C)C(C)C. The predicted octanol–water partition coefficient (Wildman–Crippen LogP) is 5.21. The summed E-state index contributed by atoms with van der Waals surface area (Å²) in [5, 5.41) is 9.87. The highest BCUT2D eigenvalue weighted by atomic mass is 127. The molecule has 0 spiro atoms. The smallest absolute Gasteiger partial charge is 0.201 e. The Morgan fingerprint density at radius 3 is 2.29 bits per heavy atom. The van der Waals surface area contributed by atoms with Gasteiger partial charge in [0, 0.05) is 13.0 Å². The van der Waals surface area contributed by atoms with Crippen LogP contribution in [0.1, 0.15) is 36.1 Å². The Kier molecular flexibility index (Phi) is 6.52. The molecule has 0 aliphatic rings. The third-order valence-corrected chi connectivity index (χ3v) is 5.23. The Labute approximate surface area is 158 Å². The molecule has 1 atom stereocenters. The molecule has 0 saturated carbocycles. The molecular formula is C20H25IO3. The highest BCUT2D eigenvalue weighted by Crippen LogP contribution is 2.30. The summed E-state index contributed by atoms with van der Waals surface area (Å²) in [7, 11) is 1.67. The number of ether oxygens (including phenoxy) is 2. The van der Waals surface area contributed by atoms with E-state index in [1.54, 1.807) is 13.2 Å². The zero-order valence-electron chi connectivity index (χ0n) is 14.9. The molecule has 0 radical (unpaired) electrons. The topological polar surface area (TPSA) is 38.7 Å². The molecule has 0 aliphatic heterocycles. The second kappa shape index (κ2) is 8.21. The summed E-state index contributed by atoms with van der Waals surface area (Å²) in [6.07, 6.45) is 0.534. The number of phenolic OH excluding ortho intramolecular Hbond substituents is 1. The molecule has 0 aliphatic carbocycles. The maximum Gasteiger partial charge on any atom is 0.201 e. The van der Waals surface area contributed by atoms with E-state index in [0.29, 0.717) is 5.75 Å². The quantitative estimate of drug-likeness (QED) is 0.495. The summed E-state index contributed by atoms with van der Waals surface area (Å²) in [5.41, 5.74) is 4.53. The number of halogens is 1. The lowest BCUT2D eigenvalue weighted by Crippen LogP contribution is -2.25. The number of rotatable bonds is 6. The lowest BCUT2D eigenvalue weighted by Gasteiger charge is -2.23. The van der Waals surface area contributed by atoms with E-state index in [1.807, 2.05) is 6.07 Å². The second-order valence-electron chi connectivity index (χ2n) is 6.45. The zero-order valence-corrected chi connectivity index (χ0v) is 17.0. The highest BCUT2D eigenvalue weighted by molar-refractivity contribution is 14.1. The van der Waals surface area contributed by atoms with Crippen molar-refractivity contribution < 1.29 is 14.6 Å². The largest absolute Gasteiger partial charge is 0.507 e. The molecule has 0 bridgehead atoms. The number of aromatic hydroxyl groups is 1. The van der Waals surface area contributed by atoms with Gasteiger partial charge in [0.2, 0.25) is 6.29 Å². The second-order valence-corrected chi connectivity index (χ2v) is 7.53. The molecule has 0 aromatic heterocycles. The first-order chi connectivity index (χ1) is 11.3. The highest BCUT2D eigenvalue weighted by Gasteiger charge is 2.17. The molecular weight excluding hydrogens is 415 g/mol. The van der Waals surface area contributed by atoms with Gasteiger partial charge in [-0.2, -0.15) is 0 Å². The van der Waals surface area contributed by atoms with Crippen LogP contribution in [0.2, 0.25) is 0 Å². The summed E-state index contributed by atoms with van der Waals surface area (Å²) in [6, 6.07) is 9.95. The molecule has 0 fully saturated rings. The molecule has 2 aromatic carbocycles. The van der Waals surface area contributed by atoms with Gasteiger partial charge >= 0.3 is 0 Å². The van der Waals surface area contributed by atoms with Crippen molar-refractivity contribution >= 4 is 22.6 Å². The molecule has 0 saturated heterocycles. The molecule has 3 nitrogen and oxygen atoms in total. The maximum atomic E-state index is 9.87. The van der Waals surface area contributed by atoms with Crippen molar-refractivity contribution in [2.75, 3.05) is 7.11 Å². The monoisotopic (exact) mass is 440 g/mol. The molecule has 4 heteroatoms. The Bertz CT molecular complexity index is 687. The normalized spacial score (nSPS) is 12.5. The molecule has 0 heterocycles. The number of aryl methyl sites for hydroxylation is 2. The van der Waals surface area contributed by atoms with Gasteiger partial charge < -0.3 is 14.6 Å². The Morgan fingerprint density at radius 1 is 1.12 bits per heavy atom. The van der Waals surface area contributed by atoms with Crippen molar-refractivity contribution in [3.8, 4) is 11.5 Å². The molecule has 2 aromatic rings. The van der Waals surface area contributed by atoms with Gasteiger partial charge in [-0.1, -0.05) is 38.1 Å².